The Labute approximate surface area is 209 Å². The van der Waals surface area contributed by atoms with Crippen molar-refractivity contribution in [2.24, 2.45) is 28.6 Å². The molecule has 5 rings (SSSR count). The van der Waals surface area contributed by atoms with E-state index in [2.05, 4.69) is 26.0 Å². The van der Waals surface area contributed by atoms with E-state index < -0.39 is 11.0 Å². The summed E-state index contributed by atoms with van der Waals surface area (Å²) >= 11 is 0. The number of ether oxygens (including phenoxy) is 1. The Balaban J connectivity index is 1.47. The summed E-state index contributed by atoms with van der Waals surface area (Å²) in [7, 11) is 0. The van der Waals surface area contributed by atoms with E-state index >= 15 is 0 Å². The minimum Gasteiger partial charge on any atom is -0.450 e. The van der Waals surface area contributed by atoms with Gasteiger partial charge in [-0.25, -0.2) is 0 Å². The van der Waals surface area contributed by atoms with E-state index in [1.54, 1.807) is 6.92 Å². The van der Waals surface area contributed by atoms with E-state index in [0.29, 0.717) is 31.1 Å². The van der Waals surface area contributed by atoms with Crippen LogP contribution >= 0.6 is 0 Å². The minimum atomic E-state index is -1.07. The monoisotopic (exact) mass is 474 g/mol. The van der Waals surface area contributed by atoms with Crippen molar-refractivity contribution in [2.75, 3.05) is 0 Å². The first kappa shape index (κ1) is 24.2. The Morgan fingerprint density at radius 1 is 1.06 bits per heavy atom. The lowest BCUT2D eigenvalue weighted by Crippen LogP contribution is -2.58. The third kappa shape index (κ3) is 3.50. The average molecular weight is 475 g/mol. The molecule has 4 aliphatic carbocycles. The van der Waals surface area contributed by atoms with Crippen LogP contribution in [0.15, 0.2) is 54.1 Å². The second-order valence-electron chi connectivity index (χ2n) is 11.8. The maximum atomic E-state index is 13.6. The average Bonchev–Trinajstić information content (AvgIpc) is 3.14. The highest BCUT2D eigenvalue weighted by Crippen LogP contribution is 2.67. The van der Waals surface area contributed by atoms with Gasteiger partial charge in [0.05, 0.1) is 5.92 Å². The number of esters is 1. The minimum absolute atomic E-state index is 0.00736. The standard InChI is InChI=1S/C31H38O4/c1-5-24(21-9-7-6-8-10-21)28(34)35-31(20(2)32)18-15-27-25-12-11-22-19-23(33)13-16-29(22,3)26(25)14-17-30(27,31)4/h6-12,19,24-27H,5,13-18H2,1-4H3/t24-,25-,26+,27+,29-,30-,31+/m0/s1. The van der Waals surface area contributed by atoms with Gasteiger partial charge in [-0.2, -0.15) is 0 Å². The molecule has 0 heterocycles. The van der Waals surface area contributed by atoms with Crippen LogP contribution in [-0.4, -0.2) is 23.1 Å². The Morgan fingerprint density at radius 2 is 1.77 bits per heavy atom. The molecule has 0 spiro atoms. The number of rotatable bonds is 5. The van der Waals surface area contributed by atoms with Crippen LogP contribution in [-0.2, 0) is 19.1 Å². The van der Waals surface area contributed by atoms with Gasteiger partial charge in [-0.05, 0) is 85.8 Å². The molecule has 0 unspecified atom stereocenters. The summed E-state index contributed by atoms with van der Waals surface area (Å²) in [6.07, 6.45) is 11.8. The molecule has 0 N–H and O–H groups in total. The molecule has 0 radical (unpaired) electrons. The fourth-order valence-corrected chi connectivity index (χ4v) is 8.28. The number of Topliss-reactive ketones (excluding diaryl/α,β-unsaturated/α-hetero) is 1. The van der Waals surface area contributed by atoms with E-state index in [4.69, 9.17) is 4.74 Å². The first-order chi connectivity index (χ1) is 16.7. The second kappa shape index (κ2) is 8.57. The molecule has 4 nitrogen and oxygen atoms in total. The number of benzene rings is 1. The van der Waals surface area contributed by atoms with Crippen LogP contribution in [0.4, 0.5) is 0 Å². The summed E-state index contributed by atoms with van der Waals surface area (Å²) < 4.78 is 6.40. The van der Waals surface area contributed by atoms with Crippen LogP contribution < -0.4 is 0 Å². The van der Waals surface area contributed by atoms with Crippen LogP contribution in [0, 0.1) is 28.6 Å². The number of carbonyl (C=O) groups is 3. The molecule has 35 heavy (non-hydrogen) atoms. The van der Waals surface area contributed by atoms with Gasteiger partial charge in [0.15, 0.2) is 17.2 Å². The van der Waals surface area contributed by atoms with Crippen molar-refractivity contribution in [3.05, 3.63) is 59.7 Å². The van der Waals surface area contributed by atoms with Gasteiger partial charge in [0.1, 0.15) is 0 Å². The van der Waals surface area contributed by atoms with Crippen molar-refractivity contribution in [1.29, 1.82) is 0 Å². The van der Waals surface area contributed by atoms with Crippen molar-refractivity contribution >= 4 is 17.5 Å². The molecule has 7 atom stereocenters. The van der Waals surface area contributed by atoms with Gasteiger partial charge in [-0.1, -0.05) is 63.3 Å². The summed E-state index contributed by atoms with van der Waals surface area (Å²) in [4.78, 5) is 39.0. The third-order valence-corrected chi connectivity index (χ3v) is 10.4. The quantitative estimate of drug-likeness (QED) is 0.466. The molecule has 2 saturated carbocycles. The molecule has 0 aliphatic heterocycles. The summed E-state index contributed by atoms with van der Waals surface area (Å²) in [6, 6.07) is 9.76. The summed E-state index contributed by atoms with van der Waals surface area (Å²) in [5, 5.41) is 0. The van der Waals surface area contributed by atoms with Crippen molar-refractivity contribution in [1.82, 2.24) is 0 Å². The predicted octanol–water partition coefficient (Wildman–Crippen LogP) is 6.36. The van der Waals surface area contributed by atoms with Crippen LogP contribution in [0.1, 0.15) is 84.1 Å². The lowest BCUT2D eigenvalue weighted by atomic mass is 9.48. The van der Waals surface area contributed by atoms with Gasteiger partial charge in [0, 0.05) is 11.8 Å². The highest BCUT2D eigenvalue weighted by atomic mass is 16.6. The largest absolute Gasteiger partial charge is 0.450 e. The molecule has 1 aromatic rings. The number of hydrogen-bond acceptors (Lipinski definition) is 4. The molecule has 0 aromatic heterocycles. The van der Waals surface area contributed by atoms with Crippen molar-refractivity contribution in [2.45, 2.75) is 84.2 Å². The number of hydrogen-bond donors (Lipinski definition) is 0. The van der Waals surface area contributed by atoms with E-state index in [1.807, 2.05) is 43.3 Å². The summed E-state index contributed by atoms with van der Waals surface area (Å²) in [6.45, 7) is 8.14. The lowest BCUT2D eigenvalue weighted by molar-refractivity contribution is -0.188. The van der Waals surface area contributed by atoms with Crippen LogP contribution in [0.5, 0.6) is 0 Å². The van der Waals surface area contributed by atoms with E-state index in [9.17, 15) is 14.4 Å². The van der Waals surface area contributed by atoms with Crippen molar-refractivity contribution in [3.8, 4) is 0 Å². The summed E-state index contributed by atoms with van der Waals surface area (Å²) in [5.74, 6) is 0.631. The lowest BCUT2D eigenvalue weighted by Gasteiger charge is -2.57. The second-order valence-corrected chi connectivity index (χ2v) is 11.8. The molecule has 0 bridgehead atoms. The Hall–Kier alpha value is -2.49. The van der Waals surface area contributed by atoms with E-state index in [0.717, 1.165) is 31.2 Å². The zero-order chi connectivity index (χ0) is 25.0. The Morgan fingerprint density at radius 3 is 2.46 bits per heavy atom. The Bertz CT molecular complexity index is 1100. The topological polar surface area (TPSA) is 60.4 Å². The normalized spacial score (nSPS) is 38.6. The molecule has 2 fully saturated rings. The Kier molecular flexibility index (Phi) is 5.93. The number of ketones is 2. The predicted molar refractivity (Wildman–Crippen MR) is 136 cm³/mol. The molecule has 0 amide bonds. The van der Waals surface area contributed by atoms with Crippen LogP contribution in [0.2, 0.25) is 0 Å². The van der Waals surface area contributed by atoms with Gasteiger partial charge in [0.25, 0.3) is 0 Å². The van der Waals surface area contributed by atoms with Crippen LogP contribution in [0.3, 0.4) is 0 Å². The summed E-state index contributed by atoms with van der Waals surface area (Å²) in [5.41, 5.74) is 0.658. The fourth-order valence-electron chi connectivity index (χ4n) is 8.28. The molecule has 186 valence electrons. The molecular weight excluding hydrogens is 436 g/mol. The van der Waals surface area contributed by atoms with Crippen molar-refractivity contribution in [3.63, 3.8) is 0 Å². The zero-order valence-corrected chi connectivity index (χ0v) is 21.5. The van der Waals surface area contributed by atoms with Gasteiger partial charge < -0.3 is 4.74 Å². The number of fused-ring (bicyclic) bond motifs is 5. The van der Waals surface area contributed by atoms with Crippen molar-refractivity contribution < 1.29 is 19.1 Å². The van der Waals surface area contributed by atoms with E-state index in [1.165, 1.54) is 5.57 Å². The first-order valence-electron chi connectivity index (χ1n) is 13.4. The van der Waals surface area contributed by atoms with Gasteiger partial charge in [-0.3, -0.25) is 14.4 Å². The molecule has 4 heteroatoms. The molecule has 1 aromatic carbocycles. The van der Waals surface area contributed by atoms with Gasteiger partial charge >= 0.3 is 5.97 Å². The van der Waals surface area contributed by atoms with Gasteiger partial charge in [-0.15, -0.1) is 0 Å². The maximum Gasteiger partial charge on any atom is 0.314 e. The maximum absolute atomic E-state index is 13.6. The molecular formula is C31H38O4. The number of allylic oxidation sites excluding steroid dienone is 4. The number of carbonyl (C=O) groups excluding carboxylic acids is 3. The molecule has 0 saturated heterocycles. The first-order valence-corrected chi connectivity index (χ1v) is 13.4. The van der Waals surface area contributed by atoms with E-state index in [-0.39, 0.29) is 34.8 Å². The van der Waals surface area contributed by atoms with Gasteiger partial charge in [0.2, 0.25) is 0 Å². The smallest absolute Gasteiger partial charge is 0.314 e. The molecule has 4 aliphatic rings. The van der Waals surface area contributed by atoms with Crippen LogP contribution in [0.25, 0.3) is 0 Å². The zero-order valence-electron chi connectivity index (χ0n) is 21.5. The highest BCUT2D eigenvalue weighted by molar-refractivity contribution is 5.92. The fraction of sp³-hybridized carbons (Fsp3) is 0.581. The SMILES string of the molecule is CC[C@H](C(=O)O[C@@]1(C(C)=O)CC[C@@H]2[C@H]3C=CC4=CC(=O)CC[C@]4(C)[C@@H]3CC[C@@]21C)c1ccccc1. The highest BCUT2D eigenvalue weighted by Gasteiger charge is 2.67. The third-order valence-electron chi connectivity index (χ3n) is 10.4.